The first-order valence-electron chi connectivity index (χ1n) is 5.76. The molecular weight excluding hydrogens is 198 g/mol. The van der Waals surface area contributed by atoms with Gasteiger partial charge < -0.3 is 10.6 Å². The van der Waals surface area contributed by atoms with E-state index in [0.717, 1.165) is 18.9 Å². The van der Waals surface area contributed by atoms with E-state index >= 15 is 0 Å². The van der Waals surface area contributed by atoms with E-state index in [1.165, 1.54) is 5.56 Å². The largest absolute Gasteiger partial charge is 0.361 e. The van der Waals surface area contributed by atoms with Crippen molar-refractivity contribution in [3.8, 4) is 0 Å². The van der Waals surface area contributed by atoms with E-state index in [1.54, 1.807) is 0 Å². The smallest absolute Gasteiger partial charge is 0.108 e. The summed E-state index contributed by atoms with van der Waals surface area (Å²) < 4.78 is 0. The van der Waals surface area contributed by atoms with Crippen molar-refractivity contribution in [1.82, 2.24) is 4.90 Å². The van der Waals surface area contributed by atoms with Crippen LogP contribution in [-0.4, -0.2) is 36.9 Å². The topological polar surface area (TPSA) is 41.6 Å². The SMILES string of the molecule is CC(N)C(C1=NCCN1C)c1ccccc1. The van der Waals surface area contributed by atoms with Gasteiger partial charge in [-0.1, -0.05) is 30.3 Å². The van der Waals surface area contributed by atoms with E-state index in [2.05, 4.69) is 41.2 Å². The first-order valence-corrected chi connectivity index (χ1v) is 5.76. The van der Waals surface area contributed by atoms with Crippen LogP contribution >= 0.6 is 0 Å². The van der Waals surface area contributed by atoms with Gasteiger partial charge >= 0.3 is 0 Å². The average Bonchev–Trinajstić information content (AvgIpc) is 2.66. The minimum absolute atomic E-state index is 0.0849. The predicted molar refractivity (Wildman–Crippen MR) is 67.8 cm³/mol. The molecule has 0 aromatic heterocycles. The highest BCUT2D eigenvalue weighted by atomic mass is 15.2. The lowest BCUT2D eigenvalue weighted by Crippen LogP contribution is -2.37. The van der Waals surface area contributed by atoms with Gasteiger partial charge in [-0.3, -0.25) is 4.99 Å². The van der Waals surface area contributed by atoms with E-state index < -0.39 is 0 Å². The molecule has 0 amide bonds. The average molecular weight is 217 g/mol. The van der Waals surface area contributed by atoms with Crippen molar-refractivity contribution in [2.45, 2.75) is 18.9 Å². The van der Waals surface area contributed by atoms with Gasteiger partial charge in [-0.2, -0.15) is 0 Å². The second-order valence-electron chi connectivity index (χ2n) is 4.41. The standard InChI is InChI=1S/C13H19N3/c1-10(14)12(11-6-4-3-5-7-11)13-15-8-9-16(13)2/h3-7,10,12H,8-9,14H2,1-2H3. The molecule has 16 heavy (non-hydrogen) atoms. The molecular formula is C13H19N3. The van der Waals surface area contributed by atoms with Crippen molar-refractivity contribution in [3.05, 3.63) is 35.9 Å². The van der Waals surface area contributed by atoms with E-state index in [-0.39, 0.29) is 12.0 Å². The van der Waals surface area contributed by atoms with Crippen LogP contribution in [0.1, 0.15) is 18.4 Å². The Morgan fingerprint density at radius 3 is 2.50 bits per heavy atom. The van der Waals surface area contributed by atoms with Gasteiger partial charge in [0.2, 0.25) is 0 Å². The fourth-order valence-electron chi connectivity index (χ4n) is 2.23. The number of likely N-dealkylation sites (N-methyl/N-ethyl adjacent to an activating group) is 1. The fourth-order valence-corrected chi connectivity index (χ4v) is 2.23. The van der Waals surface area contributed by atoms with Crippen molar-refractivity contribution in [2.24, 2.45) is 10.7 Å². The van der Waals surface area contributed by atoms with Crippen molar-refractivity contribution >= 4 is 5.84 Å². The third-order valence-electron chi connectivity index (χ3n) is 3.06. The molecule has 2 rings (SSSR count). The molecule has 86 valence electrons. The number of nitrogens with two attached hydrogens (primary N) is 1. The van der Waals surface area contributed by atoms with Gasteiger partial charge in [0, 0.05) is 19.6 Å². The first kappa shape index (κ1) is 11.1. The Morgan fingerprint density at radius 1 is 1.31 bits per heavy atom. The maximum atomic E-state index is 6.10. The van der Waals surface area contributed by atoms with Crippen LogP contribution in [0.3, 0.4) is 0 Å². The van der Waals surface area contributed by atoms with Crippen molar-refractivity contribution < 1.29 is 0 Å². The predicted octanol–water partition coefficient (Wildman–Crippen LogP) is 1.46. The third kappa shape index (κ3) is 2.09. The number of aliphatic imine (C=N–C) groups is 1. The molecule has 0 bridgehead atoms. The van der Waals surface area contributed by atoms with Crippen LogP contribution in [-0.2, 0) is 0 Å². The van der Waals surface area contributed by atoms with E-state index in [0.29, 0.717) is 0 Å². The molecule has 0 spiro atoms. The van der Waals surface area contributed by atoms with Crippen LogP contribution in [0.15, 0.2) is 35.3 Å². The number of hydrogen-bond donors (Lipinski definition) is 1. The number of hydrogen-bond acceptors (Lipinski definition) is 3. The molecule has 0 aliphatic carbocycles. The molecule has 1 heterocycles. The molecule has 2 N–H and O–H groups in total. The van der Waals surface area contributed by atoms with Crippen LogP contribution in [0.5, 0.6) is 0 Å². The monoisotopic (exact) mass is 217 g/mol. The maximum Gasteiger partial charge on any atom is 0.108 e. The zero-order valence-electron chi connectivity index (χ0n) is 9.93. The summed E-state index contributed by atoms with van der Waals surface area (Å²) in [5, 5.41) is 0. The van der Waals surface area contributed by atoms with Crippen LogP contribution in [0.4, 0.5) is 0 Å². The molecule has 0 fully saturated rings. The van der Waals surface area contributed by atoms with Crippen molar-refractivity contribution in [3.63, 3.8) is 0 Å². The summed E-state index contributed by atoms with van der Waals surface area (Å²) in [7, 11) is 2.09. The Bertz CT molecular complexity index is 370. The highest BCUT2D eigenvalue weighted by molar-refractivity contribution is 5.90. The van der Waals surface area contributed by atoms with Gasteiger partial charge in [0.1, 0.15) is 5.84 Å². The summed E-state index contributed by atoms with van der Waals surface area (Å²) >= 11 is 0. The third-order valence-corrected chi connectivity index (χ3v) is 3.06. The second kappa shape index (κ2) is 4.66. The number of nitrogens with zero attached hydrogens (tertiary/aromatic N) is 2. The minimum Gasteiger partial charge on any atom is -0.361 e. The van der Waals surface area contributed by atoms with Crippen molar-refractivity contribution in [2.75, 3.05) is 20.1 Å². The molecule has 1 aromatic carbocycles. The summed E-state index contributed by atoms with van der Waals surface area (Å²) in [6.45, 7) is 3.94. The van der Waals surface area contributed by atoms with Gasteiger partial charge in [0.25, 0.3) is 0 Å². The van der Waals surface area contributed by atoms with E-state index in [1.807, 2.05) is 13.0 Å². The molecule has 0 saturated carbocycles. The zero-order chi connectivity index (χ0) is 11.5. The summed E-state index contributed by atoms with van der Waals surface area (Å²) in [4.78, 5) is 6.79. The molecule has 3 heteroatoms. The van der Waals surface area contributed by atoms with E-state index in [9.17, 15) is 0 Å². The lowest BCUT2D eigenvalue weighted by molar-refractivity contribution is 0.520. The zero-order valence-corrected chi connectivity index (χ0v) is 9.93. The Kier molecular flexibility index (Phi) is 3.25. The molecule has 3 nitrogen and oxygen atoms in total. The van der Waals surface area contributed by atoms with E-state index in [4.69, 9.17) is 5.73 Å². The highest BCUT2D eigenvalue weighted by Crippen LogP contribution is 2.23. The number of amidine groups is 1. The number of rotatable bonds is 3. The highest BCUT2D eigenvalue weighted by Gasteiger charge is 2.27. The van der Waals surface area contributed by atoms with Crippen LogP contribution < -0.4 is 5.73 Å². The normalized spacial score (nSPS) is 19.4. The summed E-state index contributed by atoms with van der Waals surface area (Å²) in [5.74, 6) is 1.34. The van der Waals surface area contributed by atoms with Gasteiger partial charge in [-0.05, 0) is 12.5 Å². The van der Waals surface area contributed by atoms with Gasteiger partial charge in [-0.15, -0.1) is 0 Å². The molecule has 0 saturated heterocycles. The summed E-state index contributed by atoms with van der Waals surface area (Å²) in [6, 6.07) is 10.5. The lowest BCUT2D eigenvalue weighted by atomic mass is 9.91. The molecule has 1 aliphatic rings. The molecule has 1 aromatic rings. The molecule has 2 unspecified atom stereocenters. The molecule has 2 atom stereocenters. The molecule has 0 radical (unpaired) electrons. The Morgan fingerprint density at radius 2 is 2.00 bits per heavy atom. The van der Waals surface area contributed by atoms with Gasteiger partial charge in [-0.25, -0.2) is 0 Å². The lowest BCUT2D eigenvalue weighted by Gasteiger charge is -2.26. The summed E-state index contributed by atoms with van der Waals surface area (Å²) in [5.41, 5.74) is 7.36. The summed E-state index contributed by atoms with van der Waals surface area (Å²) in [6.07, 6.45) is 0. The minimum atomic E-state index is 0.0849. The van der Waals surface area contributed by atoms with Gasteiger partial charge in [0.15, 0.2) is 0 Å². The fraction of sp³-hybridized carbons (Fsp3) is 0.462. The number of benzene rings is 1. The van der Waals surface area contributed by atoms with Crippen LogP contribution in [0.25, 0.3) is 0 Å². The Balaban J connectivity index is 2.32. The first-order chi connectivity index (χ1) is 7.70. The Hall–Kier alpha value is -1.35. The maximum absolute atomic E-state index is 6.10. The quantitative estimate of drug-likeness (QED) is 0.833. The van der Waals surface area contributed by atoms with Crippen LogP contribution in [0, 0.1) is 0 Å². The Labute approximate surface area is 97.0 Å². The van der Waals surface area contributed by atoms with Gasteiger partial charge in [0.05, 0.1) is 12.5 Å². The van der Waals surface area contributed by atoms with Crippen LogP contribution in [0.2, 0.25) is 0 Å². The second-order valence-corrected chi connectivity index (χ2v) is 4.41. The van der Waals surface area contributed by atoms with Crippen molar-refractivity contribution in [1.29, 1.82) is 0 Å². The molecule has 1 aliphatic heterocycles.